The van der Waals surface area contributed by atoms with Crippen molar-refractivity contribution in [2.45, 2.75) is 50.9 Å². The predicted octanol–water partition coefficient (Wildman–Crippen LogP) is 4.57. The Balaban J connectivity index is 1.82. The molecule has 96 valence electrons. The maximum atomic E-state index is 10.7. The van der Waals surface area contributed by atoms with E-state index in [9.17, 15) is 4.79 Å². The smallest absolute Gasteiger partial charge is 0.150 e. The molecule has 0 saturated heterocycles. The van der Waals surface area contributed by atoms with Crippen LogP contribution in [0.5, 0.6) is 0 Å². The fourth-order valence-electron chi connectivity index (χ4n) is 4.17. The zero-order valence-electron chi connectivity index (χ0n) is 11.0. The van der Waals surface area contributed by atoms with E-state index in [1.54, 1.807) is 0 Å². The third kappa shape index (κ3) is 2.23. The number of carbonyl (C=O) groups excluding carboxylic acids is 1. The summed E-state index contributed by atoms with van der Waals surface area (Å²) >= 11 is 0. The fraction of sp³-hybridized carbons (Fsp3) is 0.588. The molecule has 0 bridgehead atoms. The van der Waals surface area contributed by atoms with Crippen LogP contribution in [-0.2, 0) is 0 Å². The molecule has 0 aromatic heterocycles. The van der Waals surface area contributed by atoms with Crippen molar-refractivity contribution in [3.05, 3.63) is 35.4 Å². The third-order valence-electron chi connectivity index (χ3n) is 5.08. The molecular weight excluding hydrogens is 220 g/mol. The molecule has 3 atom stereocenters. The van der Waals surface area contributed by atoms with Crippen LogP contribution in [0.4, 0.5) is 0 Å². The zero-order chi connectivity index (χ0) is 12.4. The normalized spacial score (nSPS) is 31.7. The number of benzene rings is 1. The molecular formula is C17H22O. The molecule has 0 amide bonds. The van der Waals surface area contributed by atoms with E-state index in [0.717, 1.165) is 29.6 Å². The first-order chi connectivity index (χ1) is 8.88. The van der Waals surface area contributed by atoms with Gasteiger partial charge in [-0.1, -0.05) is 56.4 Å². The molecule has 0 unspecified atom stereocenters. The van der Waals surface area contributed by atoms with Gasteiger partial charge in [0.1, 0.15) is 6.29 Å². The highest BCUT2D eigenvalue weighted by atomic mass is 16.1. The summed E-state index contributed by atoms with van der Waals surface area (Å²) in [4.78, 5) is 10.7. The van der Waals surface area contributed by atoms with Gasteiger partial charge in [-0.15, -0.1) is 0 Å². The van der Waals surface area contributed by atoms with Crippen LogP contribution in [0.2, 0.25) is 0 Å². The standard InChI is InChI=1S/C17H22O/c18-12-13-8-10-15(11-9-13)17-7-3-5-14-4-1-2-6-16(14)17/h8-12,14,16-17H,1-7H2/t14-,16-,17+/m1/s1. The highest BCUT2D eigenvalue weighted by Gasteiger charge is 2.35. The van der Waals surface area contributed by atoms with E-state index < -0.39 is 0 Å². The summed E-state index contributed by atoms with van der Waals surface area (Å²) in [6.07, 6.45) is 10.9. The lowest BCUT2D eigenvalue weighted by Crippen LogP contribution is -2.29. The Bertz CT molecular complexity index is 404. The average Bonchev–Trinajstić information content (AvgIpc) is 2.47. The van der Waals surface area contributed by atoms with Crippen LogP contribution in [0.25, 0.3) is 0 Å². The average molecular weight is 242 g/mol. The van der Waals surface area contributed by atoms with Crippen LogP contribution >= 0.6 is 0 Å². The highest BCUT2D eigenvalue weighted by Crippen LogP contribution is 2.48. The van der Waals surface area contributed by atoms with E-state index in [0.29, 0.717) is 0 Å². The second kappa shape index (κ2) is 5.26. The molecule has 0 spiro atoms. The Morgan fingerprint density at radius 3 is 2.39 bits per heavy atom. The predicted molar refractivity (Wildman–Crippen MR) is 73.9 cm³/mol. The van der Waals surface area contributed by atoms with Crippen molar-refractivity contribution < 1.29 is 4.79 Å². The van der Waals surface area contributed by atoms with Crippen LogP contribution in [0.3, 0.4) is 0 Å². The molecule has 0 heterocycles. The van der Waals surface area contributed by atoms with Crippen molar-refractivity contribution in [2.24, 2.45) is 11.8 Å². The lowest BCUT2D eigenvalue weighted by Gasteiger charge is -2.41. The number of carbonyl (C=O) groups is 1. The summed E-state index contributed by atoms with van der Waals surface area (Å²) in [6.45, 7) is 0. The minimum Gasteiger partial charge on any atom is -0.298 e. The number of hydrogen-bond donors (Lipinski definition) is 0. The monoisotopic (exact) mass is 242 g/mol. The van der Waals surface area contributed by atoms with Gasteiger partial charge in [-0.05, 0) is 36.2 Å². The molecule has 1 aromatic carbocycles. The SMILES string of the molecule is O=Cc1ccc([C@@H]2CCC[C@H]3CCCC[C@H]32)cc1. The topological polar surface area (TPSA) is 17.1 Å². The molecule has 2 saturated carbocycles. The molecule has 1 aromatic rings. The summed E-state index contributed by atoms with van der Waals surface area (Å²) in [5, 5.41) is 0. The van der Waals surface area contributed by atoms with E-state index in [-0.39, 0.29) is 0 Å². The zero-order valence-corrected chi connectivity index (χ0v) is 11.0. The Hall–Kier alpha value is -1.11. The van der Waals surface area contributed by atoms with Crippen molar-refractivity contribution in [2.75, 3.05) is 0 Å². The van der Waals surface area contributed by atoms with Crippen molar-refractivity contribution in [1.82, 2.24) is 0 Å². The molecule has 0 radical (unpaired) electrons. The largest absolute Gasteiger partial charge is 0.298 e. The van der Waals surface area contributed by atoms with Gasteiger partial charge in [0.05, 0.1) is 0 Å². The maximum absolute atomic E-state index is 10.7. The summed E-state index contributed by atoms with van der Waals surface area (Å²) in [5.74, 6) is 2.64. The molecule has 3 rings (SSSR count). The molecule has 2 aliphatic rings. The van der Waals surface area contributed by atoms with Gasteiger partial charge in [-0.3, -0.25) is 4.79 Å². The van der Waals surface area contributed by atoms with E-state index in [2.05, 4.69) is 12.1 Å². The number of rotatable bonds is 2. The quantitative estimate of drug-likeness (QED) is 0.694. The number of aldehydes is 1. The minimum absolute atomic E-state index is 0.754. The highest BCUT2D eigenvalue weighted by molar-refractivity contribution is 5.74. The fourth-order valence-corrected chi connectivity index (χ4v) is 4.17. The van der Waals surface area contributed by atoms with Gasteiger partial charge < -0.3 is 0 Å². The molecule has 0 N–H and O–H groups in total. The second-order valence-corrected chi connectivity index (χ2v) is 6.03. The van der Waals surface area contributed by atoms with Gasteiger partial charge in [0.25, 0.3) is 0 Å². The summed E-state index contributed by atoms with van der Waals surface area (Å²) < 4.78 is 0. The Morgan fingerprint density at radius 1 is 0.889 bits per heavy atom. The van der Waals surface area contributed by atoms with Crippen molar-refractivity contribution in [3.63, 3.8) is 0 Å². The summed E-state index contributed by atoms with van der Waals surface area (Å²) in [7, 11) is 0. The first kappa shape index (κ1) is 12.0. The minimum atomic E-state index is 0.754. The number of fused-ring (bicyclic) bond motifs is 1. The van der Waals surface area contributed by atoms with E-state index in [1.807, 2.05) is 12.1 Å². The molecule has 18 heavy (non-hydrogen) atoms. The van der Waals surface area contributed by atoms with Crippen LogP contribution in [-0.4, -0.2) is 6.29 Å². The van der Waals surface area contributed by atoms with E-state index >= 15 is 0 Å². The van der Waals surface area contributed by atoms with E-state index in [1.165, 1.54) is 50.5 Å². The van der Waals surface area contributed by atoms with Gasteiger partial charge in [0.2, 0.25) is 0 Å². The van der Waals surface area contributed by atoms with Gasteiger partial charge in [0, 0.05) is 5.56 Å². The van der Waals surface area contributed by atoms with Gasteiger partial charge in [0.15, 0.2) is 0 Å². The lowest BCUT2D eigenvalue weighted by molar-refractivity contribution is 0.112. The number of hydrogen-bond acceptors (Lipinski definition) is 1. The lowest BCUT2D eigenvalue weighted by atomic mass is 9.64. The van der Waals surface area contributed by atoms with Crippen molar-refractivity contribution >= 4 is 6.29 Å². The van der Waals surface area contributed by atoms with E-state index in [4.69, 9.17) is 0 Å². The third-order valence-corrected chi connectivity index (χ3v) is 5.08. The van der Waals surface area contributed by atoms with Crippen molar-refractivity contribution in [1.29, 1.82) is 0 Å². The van der Waals surface area contributed by atoms with Crippen molar-refractivity contribution in [3.8, 4) is 0 Å². The molecule has 2 fully saturated rings. The van der Waals surface area contributed by atoms with Crippen LogP contribution in [0.1, 0.15) is 66.8 Å². The van der Waals surface area contributed by atoms with Gasteiger partial charge in [-0.2, -0.15) is 0 Å². The Kier molecular flexibility index (Phi) is 3.49. The van der Waals surface area contributed by atoms with Crippen LogP contribution in [0, 0.1) is 11.8 Å². The van der Waals surface area contributed by atoms with Gasteiger partial charge >= 0.3 is 0 Å². The van der Waals surface area contributed by atoms with Crippen LogP contribution in [0.15, 0.2) is 24.3 Å². The molecule has 0 aliphatic heterocycles. The summed E-state index contributed by atoms with van der Waals surface area (Å²) in [5.41, 5.74) is 2.27. The Morgan fingerprint density at radius 2 is 1.61 bits per heavy atom. The molecule has 2 aliphatic carbocycles. The first-order valence-electron chi connectivity index (χ1n) is 7.43. The Labute approximate surface area is 110 Å². The van der Waals surface area contributed by atoms with Gasteiger partial charge in [-0.25, -0.2) is 0 Å². The molecule has 1 nitrogen and oxygen atoms in total. The van der Waals surface area contributed by atoms with Crippen LogP contribution < -0.4 is 0 Å². The second-order valence-electron chi connectivity index (χ2n) is 6.03. The first-order valence-corrected chi connectivity index (χ1v) is 7.43. The maximum Gasteiger partial charge on any atom is 0.150 e. The summed E-state index contributed by atoms with van der Waals surface area (Å²) in [6, 6.07) is 8.33. The molecule has 1 heteroatoms.